The first-order chi connectivity index (χ1) is 7.75. The monoisotopic (exact) mass is 285 g/mol. The molecule has 1 aromatic rings. The van der Waals surface area contributed by atoms with Gasteiger partial charge in [0, 0.05) is 42.9 Å². The van der Waals surface area contributed by atoms with Crippen LogP contribution in [-0.4, -0.2) is 42.2 Å². The van der Waals surface area contributed by atoms with E-state index in [1.165, 1.54) is 0 Å². The van der Waals surface area contributed by atoms with Gasteiger partial charge in [0.1, 0.15) is 0 Å². The van der Waals surface area contributed by atoms with Crippen LogP contribution in [0.25, 0.3) is 0 Å². The molecule has 0 bridgehead atoms. The Bertz CT molecular complexity index is 363. The van der Waals surface area contributed by atoms with Crippen LogP contribution in [0, 0.1) is 0 Å². The highest BCUT2D eigenvalue weighted by Crippen LogP contribution is 2.13. The van der Waals surface area contributed by atoms with E-state index in [0.717, 1.165) is 17.6 Å². The molecule has 86 valence electrons. The maximum absolute atomic E-state index is 11.7. The van der Waals surface area contributed by atoms with Crippen molar-refractivity contribution in [3.8, 4) is 5.88 Å². The highest BCUT2D eigenvalue weighted by molar-refractivity contribution is 9.10. The van der Waals surface area contributed by atoms with Crippen LogP contribution in [0.3, 0.4) is 0 Å². The quantitative estimate of drug-likeness (QED) is 0.844. The molecule has 2 rings (SSSR count). The van der Waals surface area contributed by atoms with Crippen molar-refractivity contribution in [2.75, 3.05) is 26.2 Å². The molecule has 1 N–H and O–H groups in total. The number of nitrogens with one attached hydrogen (secondary N) is 1. The van der Waals surface area contributed by atoms with Gasteiger partial charge in [0.25, 0.3) is 0 Å². The SMILES string of the molecule is O=C(Oc1ccc(Br)cn1)N1CCNCC1. The van der Waals surface area contributed by atoms with Crippen LogP contribution >= 0.6 is 15.9 Å². The molecule has 1 fully saturated rings. The molecule has 1 aromatic heterocycles. The van der Waals surface area contributed by atoms with Gasteiger partial charge < -0.3 is 15.0 Å². The van der Waals surface area contributed by atoms with Crippen molar-refractivity contribution in [2.24, 2.45) is 0 Å². The fraction of sp³-hybridized carbons (Fsp3) is 0.400. The first kappa shape index (κ1) is 11.3. The molecule has 0 radical (unpaired) electrons. The molecule has 16 heavy (non-hydrogen) atoms. The standard InChI is InChI=1S/C10H12BrN3O2/c11-8-1-2-9(13-7-8)16-10(15)14-5-3-12-4-6-14/h1-2,7,12H,3-6H2. The summed E-state index contributed by atoms with van der Waals surface area (Å²) in [4.78, 5) is 17.3. The van der Waals surface area contributed by atoms with Crippen LogP contribution in [-0.2, 0) is 0 Å². The zero-order valence-electron chi connectivity index (χ0n) is 8.65. The Labute approximate surface area is 102 Å². The average Bonchev–Trinajstić information content (AvgIpc) is 2.33. The predicted molar refractivity (Wildman–Crippen MR) is 62.4 cm³/mol. The van der Waals surface area contributed by atoms with E-state index in [9.17, 15) is 4.79 Å². The number of hydrogen-bond donors (Lipinski definition) is 1. The Kier molecular flexibility index (Phi) is 3.74. The lowest BCUT2D eigenvalue weighted by atomic mass is 10.4. The van der Waals surface area contributed by atoms with Gasteiger partial charge in [-0.05, 0) is 22.0 Å². The summed E-state index contributed by atoms with van der Waals surface area (Å²) in [5, 5.41) is 3.17. The number of pyridine rings is 1. The minimum Gasteiger partial charge on any atom is -0.391 e. The number of piperazine rings is 1. The molecule has 1 aliphatic rings. The van der Waals surface area contributed by atoms with Crippen molar-refractivity contribution in [1.29, 1.82) is 0 Å². The summed E-state index contributed by atoms with van der Waals surface area (Å²) in [6.07, 6.45) is 1.26. The minimum atomic E-state index is -0.337. The molecule has 0 unspecified atom stereocenters. The third kappa shape index (κ3) is 2.93. The van der Waals surface area contributed by atoms with E-state index >= 15 is 0 Å². The summed E-state index contributed by atoms with van der Waals surface area (Å²) in [5.74, 6) is 0.326. The largest absolute Gasteiger partial charge is 0.416 e. The Morgan fingerprint density at radius 3 is 2.81 bits per heavy atom. The third-order valence-electron chi connectivity index (χ3n) is 2.27. The van der Waals surface area contributed by atoms with Crippen LogP contribution in [0.4, 0.5) is 4.79 Å². The van der Waals surface area contributed by atoms with Crippen molar-refractivity contribution in [1.82, 2.24) is 15.2 Å². The van der Waals surface area contributed by atoms with E-state index in [1.54, 1.807) is 23.2 Å². The fourth-order valence-corrected chi connectivity index (χ4v) is 1.66. The van der Waals surface area contributed by atoms with Crippen molar-refractivity contribution in [2.45, 2.75) is 0 Å². The van der Waals surface area contributed by atoms with Gasteiger partial charge in [0.2, 0.25) is 5.88 Å². The summed E-state index contributed by atoms with van der Waals surface area (Å²) in [6, 6.07) is 3.44. The summed E-state index contributed by atoms with van der Waals surface area (Å²) >= 11 is 3.27. The van der Waals surface area contributed by atoms with Crippen LogP contribution < -0.4 is 10.1 Å². The summed E-state index contributed by atoms with van der Waals surface area (Å²) in [5.41, 5.74) is 0. The second-order valence-corrected chi connectivity index (χ2v) is 4.34. The molecule has 0 aromatic carbocycles. The van der Waals surface area contributed by atoms with Gasteiger partial charge in [-0.3, -0.25) is 0 Å². The smallest absolute Gasteiger partial charge is 0.391 e. The van der Waals surface area contributed by atoms with Crippen molar-refractivity contribution in [3.05, 3.63) is 22.8 Å². The molecule has 0 saturated carbocycles. The minimum absolute atomic E-state index is 0.326. The number of carbonyl (C=O) groups is 1. The Balaban J connectivity index is 1.93. The van der Waals surface area contributed by atoms with E-state index < -0.39 is 0 Å². The Morgan fingerprint density at radius 2 is 2.19 bits per heavy atom. The van der Waals surface area contributed by atoms with E-state index in [1.807, 2.05) is 0 Å². The number of aromatic nitrogens is 1. The molecule has 1 saturated heterocycles. The summed E-state index contributed by atoms with van der Waals surface area (Å²) < 4.78 is 5.99. The van der Waals surface area contributed by atoms with Crippen LogP contribution in [0.2, 0.25) is 0 Å². The number of ether oxygens (including phenoxy) is 1. The van der Waals surface area contributed by atoms with Crippen LogP contribution in [0.1, 0.15) is 0 Å². The zero-order chi connectivity index (χ0) is 11.4. The number of rotatable bonds is 1. The molecule has 5 nitrogen and oxygen atoms in total. The summed E-state index contributed by atoms with van der Waals surface area (Å²) in [7, 11) is 0. The number of halogens is 1. The number of hydrogen-bond acceptors (Lipinski definition) is 4. The Morgan fingerprint density at radius 1 is 1.44 bits per heavy atom. The molecule has 6 heteroatoms. The molecule has 1 aliphatic heterocycles. The lowest BCUT2D eigenvalue weighted by molar-refractivity contribution is 0.144. The van der Waals surface area contributed by atoms with E-state index in [0.29, 0.717) is 19.0 Å². The second kappa shape index (κ2) is 5.27. The highest BCUT2D eigenvalue weighted by Gasteiger charge is 2.18. The number of carbonyl (C=O) groups excluding carboxylic acids is 1. The lowest BCUT2D eigenvalue weighted by Crippen LogP contribution is -2.47. The number of nitrogens with zero attached hydrogens (tertiary/aromatic N) is 2. The van der Waals surface area contributed by atoms with Crippen LogP contribution in [0.15, 0.2) is 22.8 Å². The normalized spacial score (nSPS) is 15.9. The fourth-order valence-electron chi connectivity index (χ4n) is 1.42. The van der Waals surface area contributed by atoms with Gasteiger partial charge in [0.05, 0.1) is 0 Å². The van der Waals surface area contributed by atoms with Gasteiger partial charge >= 0.3 is 6.09 Å². The molecule has 1 amide bonds. The first-order valence-electron chi connectivity index (χ1n) is 5.05. The van der Waals surface area contributed by atoms with Crippen molar-refractivity contribution in [3.63, 3.8) is 0 Å². The van der Waals surface area contributed by atoms with Gasteiger partial charge in [-0.1, -0.05) is 0 Å². The zero-order valence-corrected chi connectivity index (χ0v) is 10.2. The van der Waals surface area contributed by atoms with Gasteiger partial charge in [-0.2, -0.15) is 0 Å². The highest BCUT2D eigenvalue weighted by atomic mass is 79.9. The molecular formula is C10H12BrN3O2. The maximum Gasteiger partial charge on any atom is 0.416 e. The Hall–Kier alpha value is -1.14. The van der Waals surface area contributed by atoms with E-state index in [2.05, 4.69) is 26.2 Å². The number of amides is 1. The lowest BCUT2D eigenvalue weighted by Gasteiger charge is -2.26. The topological polar surface area (TPSA) is 54.5 Å². The predicted octanol–water partition coefficient (Wildman–Crippen LogP) is 1.25. The first-order valence-corrected chi connectivity index (χ1v) is 5.84. The molecule has 2 heterocycles. The van der Waals surface area contributed by atoms with Crippen molar-refractivity contribution >= 4 is 22.0 Å². The van der Waals surface area contributed by atoms with Crippen LogP contribution in [0.5, 0.6) is 5.88 Å². The van der Waals surface area contributed by atoms with Gasteiger partial charge in [-0.25, -0.2) is 9.78 Å². The summed E-state index contributed by atoms with van der Waals surface area (Å²) in [6.45, 7) is 2.97. The van der Waals surface area contributed by atoms with Gasteiger partial charge in [-0.15, -0.1) is 0 Å². The third-order valence-corrected chi connectivity index (χ3v) is 2.74. The van der Waals surface area contributed by atoms with E-state index in [4.69, 9.17) is 4.74 Å². The average molecular weight is 286 g/mol. The molecular weight excluding hydrogens is 274 g/mol. The van der Waals surface area contributed by atoms with Gasteiger partial charge in [0.15, 0.2) is 0 Å². The molecule has 0 aliphatic carbocycles. The van der Waals surface area contributed by atoms with E-state index in [-0.39, 0.29) is 6.09 Å². The second-order valence-electron chi connectivity index (χ2n) is 3.42. The van der Waals surface area contributed by atoms with Crippen molar-refractivity contribution < 1.29 is 9.53 Å². The maximum atomic E-state index is 11.7. The molecule has 0 atom stereocenters. The molecule has 0 spiro atoms.